The number of halogens is 1. The standard InChI is InChI=1S/C16H15BrN4O5S2/c17-5-11(23)19-14-18-9(7-27-14)6-21(16(25)26)4-3-8-1-2-10(22)12-13(8)28-15(24)20-12/h1-2,7,22H,3-6H2,(H,20,24)(H,25,26)(H,18,19,23). The quantitative estimate of drug-likeness (QED) is 0.379. The predicted octanol–water partition coefficient (Wildman–Crippen LogP) is 2.81. The van der Waals surface area contributed by atoms with Gasteiger partial charge in [-0.15, -0.1) is 11.3 Å². The van der Waals surface area contributed by atoms with Gasteiger partial charge in [0.1, 0.15) is 11.3 Å². The number of hydrogen-bond acceptors (Lipinski definition) is 7. The number of carboxylic acid groups (broad SMARTS) is 1. The fraction of sp³-hybridized carbons (Fsp3) is 0.250. The summed E-state index contributed by atoms with van der Waals surface area (Å²) in [5.74, 6) is -0.259. The normalized spacial score (nSPS) is 10.9. The van der Waals surface area contributed by atoms with E-state index in [9.17, 15) is 24.6 Å². The van der Waals surface area contributed by atoms with Gasteiger partial charge in [0.05, 0.1) is 22.3 Å². The van der Waals surface area contributed by atoms with E-state index >= 15 is 0 Å². The number of hydrogen-bond donors (Lipinski definition) is 4. The topological polar surface area (TPSA) is 136 Å². The first kappa shape index (κ1) is 20.3. The number of amides is 2. The van der Waals surface area contributed by atoms with Crippen LogP contribution in [0.25, 0.3) is 10.2 Å². The summed E-state index contributed by atoms with van der Waals surface area (Å²) in [6.45, 7) is 0.253. The molecule has 0 aliphatic heterocycles. The van der Waals surface area contributed by atoms with Crippen molar-refractivity contribution >= 4 is 66.0 Å². The second-order valence-electron chi connectivity index (χ2n) is 5.74. The first-order chi connectivity index (χ1) is 13.4. The van der Waals surface area contributed by atoms with Crippen molar-refractivity contribution in [3.05, 3.63) is 38.4 Å². The molecule has 4 N–H and O–H groups in total. The first-order valence-corrected chi connectivity index (χ1v) is 10.8. The number of fused-ring (bicyclic) bond motifs is 1. The van der Waals surface area contributed by atoms with Gasteiger partial charge in [0, 0.05) is 11.9 Å². The number of benzene rings is 1. The second kappa shape index (κ2) is 8.71. The van der Waals surface area contributed by atoms with Crippen LogP contribution in [0.4, 0.5) is 9.93 Å². The summed E-state index contributed by atoms with van der Waals surface area (Å²) in [5, 5.41) is 24.2. The number of phenolic OH excluding ortho intramolecular Hbond substituents is 1. The van der Waals surface area contributed by atoms with E-state index < -0.39 is 6.09 Å². The van der Waals surface area contributed by atoms with E-state index in [1.165, 1.54) is 22.3 Å². The Labute approximate surface area is 174 Å². The molecular weight excluding hydrogens is 472 g/mol. The van der Waals surface area contributed by atoms with Crippen molar-refractivity contribution in [1.82, 2.24) is 14.9 Å². The maximum atomic E-state index is 11.6. The molecule has 12 heteroatoms. The van der Waals surface area contributed by atoms with Crippen LogP contribution in [-0.4, -0.2) is 49.0 Å². The molecular formula is C16H15BrN4O5S2. The van der Waals surface area contributed by atoms with E-state index in [0.717, 1.165) is 16.9 Å². The second-order valence-corrected chi connectivity index (χ2v) is 8.14. The van der Waals surface area contributed by atoms with E-state index in [0.29, 0.717) is 27.5 Å². The Morgan fingerprint density at radius 1 is 1.36 bits per heavy atom. The minimum Gasteiger partial charge on any atom is -0.506 e. The van der Waals surface area contributed by atoms with Gasteiger partial charge >= 0.3 is 11.0 Å². The van der Waals surface area contributed by atoms with Crippen LogP contribution in [0.2, 0.25) is 0 Å². The number of aromatic amines is 1. The maximum absolute atomic E-state index is 11.6. The summed E-state index contributed by atoms with van der Waals surface area (Å²) < 4.78 is 0.615. The lowest BCUT2D eigenvalue weighted by Gasteiger charge is -2.18. The Morgan fingerprint density at radius 2 is 2.14 bits per heavy atom. The Balaban J connectivity index is 1.71. The van der Waals surface area contributed by atoms with Crippen LogP contribution in [0, 0.1) is 0 Å². The number of nitrogens with zero attached hydrogens (tertiary/aromatic N) is 2. The highest BCUT2D eigenvalue weighted by atomic mass is 79.9. The van der Waals surface area contributed by atoms with E-state index in [1.54, 1.807) is 11.4 Å². The molecule has 2 heterocycles. The van der Waals surface area contributed by atoms with Crippen molar-refractivity contribution in [3.63, 3.8) is 0 Å². The minimum atomic E-state index is -1.10. The average molecular weight is 487 g/mol. The number of phenols is 1. The Morgan fingerprint density at radius 3 is 2.86 bits per heavy atom. The molecule has 0 saturated carbocycles. The van der Waals surface area contributed by atoms with E-state index in [2.05, 4.69) is 31.2 Å². The number of H-pyrrole nitrogens is 1. The molecule has 0 bridgehead atoms. The molecule has 1 aromatic carbocycles. The van der Waals surface area contributed by atoms with E-state index in [-0.39, 0.29) is 34.9 Å². The van der Waals surface area contributed by atoms with Crippen LogP contribution in [0.3, 0.4) is 0 Å². The number of aromatic hydroxyl groups is 1. The van der Waals surface area contributed by atoms with Gasteiger partial charge in [-0.1, -0.05) is 33.3 Å². The summed E-state index contributed by atoms with van der Waals surface area (Å²) >= 11 is 5.24. The summed E-state index contributed by atoms with van der Waals surface area (Å²) in [5.41, 5.74) is 1.66. The summed E-state index contributed by atoms with van der Waals surface area (Å²) in [4.78, 5) is 42.3. The Hall–Kier alpha value is -2.44. The van der Waals surface area contributed by atoms with Crippen LogP contribution >= 0.6 is 38.6 Å². The number of thiazole rings is 2. The average Bonchev–Trinajstić information content (AvgIpc) is 3.26. The van der Waals surface area contributed by atoms with Crippen LogP contribution in [0.1, 0.15) is 11.3 Å². The highest BCUT2D eigenvalue weighted by Gasteiger charge is 2.17. The molecule has 3 aromatic rings. The van der Waals surface area contributed by atoms with Gasteiger partial charge in [0.25, 0.3) is 0 Å². The highest BCUT2D eigenvalue weighted by Crippen LogP contribution is 2.28. The van der Waals surface area contributed by atoms with Crippen molar-refractivity contribution in [3.8, 4) is 5.75 Å². The molecule has 0 atom stereocenters. The molecule has 0 fully saturated rings. The zero-order valence-electron chi connectivity index (χ0n) is 14.3. The third-order valence-corrected chi connectivity index (χ3v) is 6.11. The van der Waals surface area contributed by atoms with Crippen LogP contribution < -0.4 is 10.2 Å². The third kappa shape index (κ3) is 4.69. The summed E-state index contributed by atoms with van der Waals surface area (Å²) in [6.07, 6.45) is -0.731. The smallest absolute Gasteiger partial charge is 0.407 e. The number of aromatic nitrogens is 2. The molecule has 0 spiro atoms. The number of carbonyl (C=O) groups is 2. The molecule has 0 unspecified atom stereocenters. The molecule has 148 valence electrons. The van der Waals surface area contributed by atoms with Gasteiger partial charge in [0.15, 0.2) is 5.13 Å². The van der Waals surface area contributed by atoms with Crippen molar-refractivity contribution in [1.29, 1.82) is 0 Å². The van der Waals surface area contributed by atoms with Gasteiger partial charge in [-0.3, -0.25) is 9.59 Å². The van der Waals surface area contributed by atoms with Gasteiger partial charge in [-0.05, 0) is 18.1 Å². The predicted molar refractivity (Wildman–Crippen MR) is 111 cm³/mol. The van der Waals surface area contributed by atoms with Crippen molar-refractivity contribution in [2.45, 2.75) is 13.0 Å². The lowest BCUT2D eigenvalue weighted by molar-refractivity contribution is -0.113. The van der Waals surface area contributed by atoms with E-state index in [4.69, 9.17) is 0 Å². The Kier molecular flexibility index (Phi) is 6.31. The van der Waals surface area contributed by atoms with Gasteiger partial charge in [-0.2, -0.15) is 0 Å². The lowest BCUT2D eigenvalue weighted by atomic mass is 10.1. The first-order valence-electron chi connectivity index (χ1n) is 7.99. The van der Waals surface area contributed by atoms with Crippen LogP contribution in [-0.2, 0) is 17.8 Å². The van der Waals surface area contributed by atoms with Crippen LogP contribution in [0.5, 0.6) is 5.75 Å². The molecule has 2 amide bonds. The molecule has 0 aliphatic carbocycles. The zero-order chi connectivity index (χ0) is 20.3. The molecule has 0 radical (unpaired) electrons. The van der Waals surface area contributed by atoms with E-state index in [1.807, 2.05) is 0 Å². The summed E-state index contributed by atoms with van der Waals surface area (Å²) in [7, 11) is 0. The monoisotopic (exact) mass is 486 g/mol. The molecule has 3 rings (SSSR count). The number of carbonyl (C=O) groups excluding carboxylic acids is 1. The van der Waals surface area contributed by atoms with Crippen LogP contribution in [0.15, 0.2) is 22.3 Å². The van der Waals surface area contributed by atoms with Gasteiger partial charge in [0.2, 0.25) is 5.91 Å². The van der Waals surface area contributed by atoms with Crippen molar-refractivity contribution < 1.29 is 19.8 Å². The number of anilines is 1. The molecule has 28 heavy (non-hydrogen) atoms. The molecule has 2 aromatic heterocycles. The zero-order valence-corrected chi connectivity index (χ0v) is 17.5. The lowest BCUT2D eigenvalue weighted by Crippen LogP contribution is -2.31. The highest BCUT2D eigenvalue weighted by molar-refractivity contribution is 9.09. The number of rotatable bonds is 7. The van der Waals surface area contributed by atoms with Crippen molar-refractivity contribution in [2.75, 3.05) is 17.2 Å². The largest absolute Gasteiger partial charge is 0.506 e. The number of nitrogens with one attached hydrogen (secondary N) is 2. The fourth-order valence-electron chi connectivity index (χ4n) is 2.55. The molecule has 0 aliphatic rings. The van der Waals surface area contributed by atoms with Gasteiger partial charge in [-0.25, -0.2) is 9.78 Å². The summed E-state index contributed by atoms with van der Waals surface area (Å²) in [6, 6.07) is 3.16. The maximum Gasteiger partial charge on any atom is 0.407 e. The minimum absolute atomic E-state index is 0.0206. The van der Waals surface area contributed by atoms with Gasteiger partial charge < -0.3 is 25.4 Å². The van der Waals surface area contributed by atoms with Crippen molar-refractivity contribution in [2.24, 2.45) is 0 Å². The molecule has 0 saturated heterocycles. The fourth-order valence-corrected chi connectivity index (χ4v) is 4.31. The SMILES string of the molecule is O=C(CBr)Nc1nc(CN(CCc2ccc(O)c3[nH]c(=O)sc23)C(=O)O)cs1. The Bertz CT molecular complexity index is 1080. The molecule has 9 nitrogen and oxygen atoms in total. The third-order valence-electron chi connectivity index (χ3n) is 3.83. The number of alkyl halides is 1.